The lowest BCUT2D eigenvalue weighted by atomic mass is 10.1. The van der Waals surface area contributed by atoms with Crippen molar-refractivity contribution in [2.75, 3.05) is 20.0 Å². The Balaban J connectivity index is 1.22. The van der Waals surface area contributed by atoms with E-state index in [1.165, 1.54) is 24.3 Å². The molecule has 0 N–H and O–H groups in total. The summed E-state index contributed by atoms with van der Waals surface area (Å²) in [6.45, 7) is 0.482. The first-order chi connectivity index (χ1) is 18.2. The first-order valence-electron chi connectivity index (χ1n) is 11.6. The average Bonchev–Trinajstić information content (AvgIpc) is 3.79. The quantitative estimate of drug-likeness (QED) is 0.112. The van der Waals surface area contributed by atoms with Gasteiger partial charge in [0, 0.05) is 18.9 Å². The van der Waals surface area contributed by atoms with Gasteiger partial charge in [0.05, 0.1) is 31.0 Å². The van der Waals surface area contributed by atoms with E-state index in [-0.39, 0.29) is 23.5 Å². The van der Waals surface area contributed by atoms with Gasteiger partial charge in [0.1, 0.15) is 34.4 Å². The maximum absolute atomic E-state index is 14.3. The van der Waals surface area contributed by atoms with Crippen LogP contribution in [-0.4, -0.2) is 38.2 Å². The molecule has 0 aliphatic carbocycles. The molecule has 2 atom stereocenters. The van der Waals surface area contributed by atoms with Crippen molar-refractivity contribution in [1.82, 2.24) is 0 Å². The lowest BCUT2D eigenvalue weighted by Gasteiger charge is -2.16. The van der Waals surface area contributed by atoms with E-state index in [9.17, 15) is 26.7 Å². The van der Waals surface area contributed by atoms with Gasteiger partial charge in [0.15, 0.2) is 0 Å². The van der Waals surface area contributed by atoms with Crippen LogP contribution < -0.4 is 14.2 Å². The molecule has 0 radical (unpaired) electrons. The number of carbonyl (C=O) groups excluding carboxylic acids is 1. The molecule has 2 heterocycles. The topological polar surface area (TPSA) is 69.8 Å². The number of alkyl halides is 3. The number of rotatable bonds is 10. The fourth-order valence-electron chi connectivity index (χ4n) is 3.73. The Morgan fingerprint density at radius 2 is 1.42 bits per heavy atom. The molecule has 0 amide bonds. The van der Waals surface area contributed by atoms with Gasteiger partial charge >= 0.3 is 12.1 Å². The Bertz CT molecular complexity index is 1330. The lowest BCUT2D eigenvalue weighted by molar-refractivity contribution is -0.139. The average molecular weight is 536 g/mol. The molecule has 0 bridgehead atoms. The Morgan fingerprint density at radius 3 is 2.00 bits per heavy atom. The maximum atomic E-state index is 14.3. The summed E-state index contributed by atoms with van der Waals surface area (Å²) in [7, 11) is 0. The molecule has 38 heavy (non-hydrogen) atoms. The third-order valence-corrected chi connectivity index (χ3v) is 5.92. The molecule has 200 valence electrons. The van der Waals surface area contributed by atoms with Crippen LogP contribution in [0.5, 0.6) is 17.2 Å². The fourth-order valence-corrected chi connectivity index (χ4v) is 3.73. The summed E-state index contributed by atoms with van der Waals surface area (Å²) in [4.78, 5) is 12.4. The highest BCUT2D eigenvalue weighted by Crippen LogP contribution is 2.38. The minimum atomic E-state index is -4.85. The van der Waals surface area contributed by atoms with Crippen LogP contribution in [0.4, 0.5) is 22.0 Å². The number of halogens is 5. The van der Waals surface area contributed by atoms with Crippen molar-refractivity contribution in [3.63, 3.8) is 0 Å². The van der Waals surface area contributed by atoms with Crippen LogP contribution in [0.15, 0.2) is 54.6 Å². The number of benzene rings is 3. The first kappa shape index (κ1) is 25.9. The summed E-state index contributed by atoms with van der Waals surface area (Å²) in [5, 5.41) is 0. The molecular weight excluding hydrogens is 515 g/mol. The van der Waals surface area contributed by atoms with Gasteiger partial charge in [-0.15, -0.1) is 0 Å². The number of carbonyl (C=O) groups is 1. The summed E-state index contributed by atoms with van der Waals surface area (Å²) < 4.78 is 95.0. The highest BCUT2D eigenvalue weighted by molar-refractivity contribution is 5.91. The van der Waals surface area contributed by atoms with E-state index in [1.807, 2.05) is 0 Å². The van der Waals surface area contributed by atoms with Crippen molar-refractivity contribution in [2.45, 2.75) is 31.2 Å². The molecule has 11 heteroatoms. The molecule has 2 aliphatic rings. The molecule has 2 unspecified atom stereocenters. The van der Waals surface area contributed by atoms with Crippen molar-refractivity contribution >= 4 is 5.97 Å². The Hall–Kier alpha value is -3.70. The van der Waals surface area contributed by atoms with Gasteiger partial charge in [-0.25, -0.2) is 13.6 Å². The van der Waals surface area contributed by atoms with E-state index in [0.29, 0.717) is 43.2 Å². The van der Waals surface area contributed by atoms with Crippen LogP contribution in [-0.2, 0) is 28.5 Å². The van der Waals surface area contributed by atoms with E-state index in [1.54, 1.807) is 0 Å². The zero-order valence-electron chi connectivity index (χ0n) is 19.7. The van der Waals surface area contributed by atoms with Gasteiger partial charge in [-0.05, 0) is 47.5 Å². The van der Waals surface area contributed by atoms with Gasteiger partial charge in [0.25, 0.3) is 0 Å². The zero-order valence-corrected chi connectivity index (χ0v) is 19.7. The minimum absolute atomic E-state index is 0.00293. The monoisotopic (exact) mass is 536 g/mol. The molecular formula is C27H21F5O6. The SMILES string of the molecule is O=C(Oc1ccc(OCOc2ccc(CC3CO3)c(F)c2)c(C(F)(F)F)c1)c1ccc(CC2CO2)c(F)c1. The van der Waals surface area contributed by atoms with Crippen LogP contribution in [0.1, 0.15) is 27.0 Å². The molecule has 0 saturated carbocycles. The number of hydrogen-bond acceptors (Lipinski definition) is 6. The number of hydrogen-bond donors (Lipinski definition) is 0. The van der Waals surface area contributed by atoms with Gasteiger partial charge in [-0.2, -0.15) is 13.2 Å². The van der Waals surface area contributed by atoms with Crippen LogP contribution in [0.25, 0.3) is 0 Å². The van der Waals surface area contributed by atoms with Crippen LogP contribution in [0.3, 0.4) is 0 Å². The maximum Gasteiger partial charge on any atom is 0.420 e. The second-order valence-electron chi connectivity index (χ2n) is 8.83. The van der Waals surface area contributed by atoms with Gasteiger partial charge in [-0.3, -0.25) is 0 Å². The predicted octanol–water partition coefficient (Wildman–Crippen LogP) is 5.50. The largest absolute Gasteiger partial charge is 0.457 e. The summed E-state index contributed by atoms with van der Waals surface area (Å²) >= 11 is 0. The van der Waals surface area contributed by atoms with E-state index < -0.39 is 47.6 Å². The van der Waals surface area contributed by atoms with Crippen molar-refractivity contribution in [1.29, 1.82) is 0 Å². The second kappa shape index (κ2) is 10.6. The molecule has 3 aromatic rings. The standard InChI is InChI=1S/C27H21F5O6/c28-23-9-17(2-1-15(23)7-20-12-34-20)26(33)38-19-5-6-25(22(10-19)27(30,31)32)37-14-36-18-4-3-16(24(29)11-18)8-21-13-35-21/h1-6,9-11,20-21H,7-8,12-14H2. The number of ether oxygens (including phenoxy) is 5. The van der Waals surface area contributed by atoms with Crippen molar-refractivity contribution in [3.8, 4) is 17.2 Å². The third-order valence-electron chi connectivity index (χ3n) is 5.92. The molecule has 6 nitrogen and oxygen atoms in total. The molecule has 2 fully saturated rings. The van der Waals surface area contributed by atoms with E-state index >= 15 is 0 Å². The van der Waals surface area contributed by atoms with Crippen LogP contribution in [0, 0.1) is 11.6 Å². The van der Waals surface area contributed by atoms with E-state index in [2.05, 4.69) is 0 Å². The summed E-state index contributed by atoms with van der Waals surface area (Å²) in [6.07, 6.45) is -4.13. The van der Waals surface area contributed by atoms with Crippen molar-refractivity contribution in [3.05, 3.63) is 88.5 Å². The van der Waals surface area contributed by atoms with E-state index in [4.69, 9.17) is 23.7 Å². The number of epoxide rings is 2. The van der Waals surface area contributed by atoms with Crippen molar-refractivity contribution < 1.29 is 50.4 Å². The lowest BCUT2D eigenvalue weighted by Crippen LogP contribution is -2.14. The van der Waals surface area contributed by atoms with E-state index in [0.717, 1.165) is 24.3 Å². The summed E-state index contributed by atoms with van der Waals surface area (Å²) in [6, 6.07) is 10.5. The highest BCUT2D eigenvalue weighted by atomic mass is 19.4. The molecule has 2 saturated heterocycles. The number of esters is 1. The summed E-state index contributed by atoms with van der Waals surface area (Å²) in [5.74, 6) is -3.11. The van der Waals surface area contributed by atoms with Gasteiger partial charge in [-0.1, -0.05) is 12.1 Å². The van der Waals surface area contributed by atoms with Crippen molar-refractivity contribution in [2.24, 2.45) is 0 Å². The van der Waals surface area contributed by atoms with Crippen LogP contribution in [0.2, 0.25) is 0 Å². The second-order valence-corrected chi connectivity index (χ2v) is 8.83. The first-order valence-corrected chi connectivity index (χ1v) is 11.6. The van der Waals surface area contributed by atoms with Gasteiger partial charge in [0.2, 0.25) is 6.79 Å². The third kappa shape index (κ3) is 6.59. The smallest absolute Gasteiger partial charge is 0.420 e. The Morgan fingerprint density at radius 1 is 0.816 bits per heavy atom. The fraction of sp³-hybridized carbons (Fsp3) is 0.296. The molecule has 3 aromatic carbocycles. The predicted molar refractivity (Wildman–Crippen MR) is 122 cm³/mol. The summed E-state index contributed by atoms with van der Waals surface area (Å²) in [5.41, 5.74) is -0.577. The molecule has 0 aromatic heterocycles. The molecule has 0 spiro atoms. The molecule has 2 aliphatic heterocycles. The molecule has 5 rings (SSSR count). The highest BCUT2D eigenvalue weighted by Gasteiger charge is 2.35. The minimum Gasteiger partial charge on any atom is -0.457 e. The zero-order chi connectivity index (χ0) is 26.9. The normalized spacial score (nSPS) is 18.1. The Labute approximate surface area is 213 Å². The van der Waals surface area contributed by atoms with Crippen LogP contribution >= 0.6 is 0 Å². The Kier molecular flexibility index (Phi) is 7.22. The van der Waals surface area contributed by atoms with Gasteiger partial charge < -0.3 is 23.7 Å².